The van der Waals surface area contributed by atoms with E-state index in [1.165, 1.54) is 0 Å². The molecule has 0 aliphatic carbocycles. The van der Waals surface area contributed by atoms with Crippen LogP contribution in [0.25, 0.3) is 17.2 Å². The fourth-order valence-corrected chi connectivity index (χ4v) is 4.61. The molecule has 2 aliphatic heterocycles. The van der Waals surface area contributed by atoms with E-state index >= 15 is 0 Å². The molecule has 164 valence electrons. The Bertz CT molecular complexity index is 1270. The summed E-state index contributed by atoms with van der Waals surface area (Å²) in [5.41, 5.74) is 8.26. The molecule has 0 bridgehead atoms. The minimum Gasteiger partial charge on any atom is -0.458 e. The summed E-state index contributed by atoms with van der Waals surface area (Å²) in [4.78, 5) is 16.0. The molecule has 10 nitrogen and oxygen atoms in total. The zero-order valence-electron chi connectivity index (χ0n) is 17.7. The Morgan fingerprint density at radius 1 is 1.09 bits per heavy atom. The first-order chi connectivity index (χ1) is 15.6. The quantitative estimate of drug-likeness (QED) is 0.490. The van der Waals surface area contributed by atoms with Gasteiger partial charge in [-0.25, -0.2) is 4.98 Å². The van der Waals surface area contributed by atoms with E-state index in [-0.39, 0.29) is 5.95 Å². The number of nitrogens with two attached hydrogens (primary N) is 1. The Kier molecular flexibility index (Phi) is 4.54. The van der Waals surface area contributed by atoms with E-state index in [9.17, 15) is 0 Å². The number of nitrogens with zero attached hydrogens (tertiary/aromatic N) is 6. The normalized spacial score (nSPS) is 20.8. The average Bonchev–Trinajstić information content (AvgIpc) is 3.53. The van der Waals surface area contributed by atoms with Crippen molar-refractivity contribution in [3.63, 3.8) is 0 Å². The number of furan rings is 1. The van der Waals surface area contributed by atoms with E-state index < -0.39 is 0 Å². The second-order valence-electron chi connectivity index (χ2n) is 8.50. The molecule has 10 heteroatoms. The molecule has 0 aromatic carbocycles. The number of ether oxygens (including phenoxy) is 1. The van der Waals surface area contributed by atoms with Crippen molar-refractivity contribution >= 4 is 23.1 Å². The third-order valence-electron chi connectivity index (χ3n) is 6.12. The van der Waals surface area contributed by atoms with Gasteiger partial charge in [-0.2, -0.15) is 19.6 Å². The van der Waals surface area contributed by atoms with Crippen LogP contribution in [0.1, 0.15) is 11.5 Å². The zero-order valence-corrected chi connectivity index (χ0v) is 17.7. The molecule has 4 aromatic rings. The standard InChI is InChI=1S/C22H24N8O2/c1-13-5-6-18(32-13)21-28-22(23)27-20-17(7-24-30(20)21)26-19-4-2-3-16(25-19)10-29-8-14-11-31-12-15(14)9-29/h2-7,14-15H,8-12H2,1H3,(H2,23,27)(H,25,26). The number of nitrogens with one attached hydrogen (secondary N) is 1. The second-order valence-corrected chi connectivity index (χ2v) is 8.50. The largest absolute Gasteiger partial charge is 0.458 e. The van der Waals surface area contributed by atoms with Crippen LogP contribution in [0, 0.1) is 18.8 Å². The van der Waals surface area contributed by atoms with Crippen molar-refractivity contribution in [1.82, 2.24) is 29.5 Å². The summed E-state index contributed by atoms with van der Waals surface area (Å²) in [5, 5.41) is 7.78. The molecule has 32 heavy (non-hydrogen) atoms. The molecule has 0 saturated carbocycles. The van der Waals surface area contributed by atoms with Gasteiger partial charge in [-0.1, -0.05) is 6.07 Å². The minimum absolute atomic E-state index is 0.148. The molecule has 2 saturated heterocycles. The number of pyridine rings is 1. The number of fused-ring (bicyclic) bond motifs is 2. The summed E-state index contributed by atoms with van der Waals surface area (Å²) >= 11 is 0. The number of anilines is 3. The molecule has 4 aromatic heterocycles. The first-order valence-corrected chi connectivity index (χ1v) is 10.7. The van der Waals surface area contributed by atoms with E-state index in [0.717, 1.165) is 50.1 Å². The number of hydrogen-bond donors (Lipinski definition) is 2. The Morgan fingerprint density at radius 2 is 1.94 bits per heavy atom. The lowest BCUT2D eigenvalue weighted by Crippen LogP contribution is -2.23. The predicted octanol–water partition coefficient (Wildman–Crippen LogP) is 2.49. The predicted molar refractivity (Wildman–Crippen MR) is 118 cm³/mol. The average molecular weight is 432 g/mol. The van der Waals surface area contributed by atoms with Crippen LogP contribution < -0.4 is 11.1 Å². The molecule has 3 N–H and O–H groups in total. The molecule has 6 rings (SSSR count). The minimum atomic E-state index is 0.148. The van der Waals surface area contributed by atoms with E-state index in [4.69, 9.17) is 19.9 Å². The number of nitrogen functional groups attached to an aromatic ring is 1. The molecule has 2 aliphatic rings. The van der Waals surface area contributed by atoms with Crippen LogP contribution in [-0.4, -0.2) is 55.8 Å². The second kappa shape index (κ2) is 7.57. The van der Waals surface area contributed by atoms with Gasteiger partial charge in [0.25, 0.3) is 0 Å². The molecule has 2 unspecified atom stereocenters. The van der Waals surface area contributed by atoms with Crippen molar-refractivity contribution in [2.24, 2.45) is 11.8 Å². The molecular weight excluding hydrogens is 408 g/mol. The maximum atomic E-state index is 5.98. The van der Waals surface area contributed by atoms with Crippen LogP contribution in [0.3, 0.4) is 0 Å². The molecule has 0 spiro atoms. The van der Waals surface area contributed by atoms with Crippen molar-refractivity contribution < 1.29 is 9.15 Å². The van der Waals surface area contributed by atoms with Gasteiger partial charge in [-0.15, -0.1) is 0 Å². The lowest BCUT2D eigenvalue weighted by atomic mass is 10.0. The number of aryl methyl sites for hydroxylation is 1. The summed E-state index contributed by atoms with van der Waals surface area (Å²) in [6, 6.07) is 9.72. The number of aromatic nitrogens is 5. The highest BCUT2D eigenvalue weighted by Gasteiger charge is 2.36. The van der Waals surface area contributed by atoms with E-state index in [1.54, 1.807) is 10.7 Å². The monoisotopic (exact) mass is 432 g/mol. The van der Waals surface area contributed by atoms with Gasteiger partial charge in [0.15, 0.2) is 11.4 Å². The Hall–Kier alpha value is -3.50. The third-order valence-corrected chi connectivity index (χ3v) is 6.12. The first kappa shape index (κ1) is 19.2. The first-order valence-electron chi connectivity index (χ1n) is 10.7. The third kappa shape index (κ3) is 3.47. The van der Waals surface area contributed by atoms with Crippen molar-refractivity contribution in [3.05, 3.63) is 48.0 Å². The van der Waals surface area contributed by atoms with Crippen LogP contribution in [0.4, 0.5) is 17.5 Å². The molecule has 2 fully saturated rings. The highest BCUT2D eigenvalue weighted by Crippen LogP contribution is 2.30. The van der Waals surface area contributed by atoms with Crippen LogP contribution in [-0.2, 0) is 11.3 Å². The number of rotatable bonds is 5. The smallest absolute Gasteiger partial charge is 0.224 e. The van der Waals surface area contributed by atoms with Gasteiger partial charge in [-0.3, -0.25) is 4.90 Å². The summed E-state index contributed by atoms with van der Waals surface area (Å²) < 4.78 is 12.9. The molecule has 0 amide bonds. The van der Waals surface area contributed by atoms with Crippen molar-refractivity contribution in [3.8, 4) is 11.6 Å². The maximum absolute atomic E-state index is 5.98. The molecule has 0 radical (unpaired) electrons. The summed E-state index contributed by atoms with van der Waals surface area (Å²) in [6.07, 6.45) is 1.69. The fraction of sp³-hybridized carbons (Fsp3) is 0.364. The lowest BCUT2D eigenvalue weighted by molar-refractivity contribution is 0.152. The Balaban J connectivity index is 1.25. The van der Waals surface area contributed by atoms with Gasteiger partial charge in [0.05, 0.1) is 25.1 Å². The van der Waals surface area contributed by atoms with Crippen molar-refractivity contribution in [1.29, 1.82) is 0 Å². The maximum Gasteiger partial charge on any atom is 0.224 e. The van der Waals surface area contributed by atoms with E-state index in [1.807, 2.05) is 31.2 Å². The van der Waals surface area contributed by atoms with Crippen LogP contribution in [0.5, 0.6) is 0 Å². The number of likely N-dealkylation sites (tertiary alicyclic amines) is 1. The van der Waals surface area contributed by atoms with Gasteiger partial charge < -0.3 is 20.2 Å². The molecule has 6 heterocycles. The molecular formula is C22H24N8O2. The van der Waals surface area contributed by atoms with Gasteiger partial charge in [0.2, 0.25) is 11.8 Å². The zero-order chi connectivity index (χ0) is 21.7. The van der Waals surface area contributed by atoms with Crippen molar-refractivity contribution in [2.75, 3.05) is 37.4 Å². The Morgan fingerprint density at radius 3 is 2.72 bits per heavy atom. The van der Waals surface area contributed by atoms with Gasteiger partial charge in [0.1, 0.15) is 17.3 Å². The van der Waals surface area contributed by atoms with Crippen LogP contribution >= 0.6 is 0 Å². The van der Waals surface area contributed by atoms with E-state index in [2.05, 4.69) is 31.3 Å². The summed E-state index contributed by atoms with van der Waals surface area (Å²) in [6.45, 7) is 6.62. The lowest BCUT2D eigenvalue weighted by Gasteiger charge is -2.16. The van der Waals surface area contributed by atoms with Gasteiger partial charge in [-0.05, 0) is 31.2 Å². The summed E-state index contributed by atoms with van der Waals surface area (Å²) in [7, 11) is 0. The SMILES string of the molecule is Cc1ccc(-c2nc(N)nc3c(Nc4cccc(CN5CC6COCC6C5)n4)cnn23)o1. The van der Waals surface area contributed by atoms with Crippen LogP contribution in [0.15, 0.2) is 40.9 Å². The highest BCUT2D eigenvalue weighted by atomic mass is 16.5. The highest BCUT2D eigenvalue weighted by molar-refractivity contribution is 5.74. The van der Waals surface area contributed by atoms with E-state index in [0.29, 0.717) is 34.8 Å². The summed E-state index contributed by atoms with van der Waals surface area (Å²) in [5.74, 6) is 4.06. The van der Waals surface area contributed by atoms with Crippen LogP contribution in [0.2, 0.25) is 0 Å². The van der Waals surface area contributed by atoms with Gasteiger partial charge >= 0.3 is 0 Å². The molecule has 2 atom stereocenters. The fourth-order valence-electron chi connectivity index (χ4n) is 4.61. The number of hydrogen-bond acceptors (Lipinski definition) is 9. The Labute approximate surface area is 184 Å². The topological polar surface area (TPSA) is 120 Å². The van der Waals surface area contributed by atoms with Gasteiger partial charge in [0, 0.05) is 31.5 Å². The van der Waals surface area contributed by atoms with Crippen molar-refractivity contribution in [2.45, 2.75) is 13.5 Å².